The molecule has 0 unspecified atom stereocenters. The molecule has 1 aliphatic rings. The number of benzene rings is 2. The molecule has 176 valence electrons. The van der Waals surface area contributed by atoms with Crippen molar-refractivity contribution in [2.75, 3.05) is 0 Å². The molecule has 1 aliphatic carbocycles. The summed E-state index contributed by atoms with van der Waals surface area (Å²) in [6, 6.07) is 12.5. The maximum Gasteiger partial charge on any atom is 0.416 e. The van der Waals surface area contributed by atoms with Crippen LogP contribution in [0.4, 0.5) is 13.2 Å². The molecule has 0 radical (unpaired) electrons. The predicted molar refractivity (Wildman–Crippen MR) is 122 cm³/mol. The molecule has 5 rings (SSSR count). The van der Waals surface area contributed by atoms with Crippen LogP contribution in [0.15, 0.2) is 59.7 Å². The molecule has 0 spiro atoms. The van der Waals surface area contributed by atoms with E-state index in [2.05, 4.69) is 10.1 Å². The number of rotatable bonds is 6. The van der Waals surface area contributed by atoms with Crippen molar-refractivity contribution in [3.8, 4) is 11.4 Å². The lowest BCUT2D eigenvalue weighted by molar-refractivity contribution is -0.137. The Labute approximate surface area is 198 Å². The third kappa shape index (κ3) is 4.40. The molecule has 10 heteroatoms. The van der Waals surface area contributed by atoms with Crippen molar-refractivity contribution in [2.45, 2.75) is 45.1 Å². The minimum Gasteiger partial charge on any atom is -0.328 e. The second kappa shape index (κ2) is 8.47. The highest BCUT2D eigenvalue weighted by molar-refractivity contribution is 6.30. The van der Waals surface area contributed by atoms with Crippen molar-refractivity contribution in [3.63, 3.8) is 0 Å². The SMILES string of the molecule is Cc1ncn(Cc2cccc(C(F)(F)F)c2)c1Cn1nc(-c2ccc(Cl)cc2)n(C2CC2)c1=O. The van der Waals surface area contributed by atoms with Crippen LogP contribution < -0.4 is 5.69 Å². The number of nitrogens with zero attached hydrogens (tertiary/aromatic N) is 5. The highest BCUT2D eigenvalue weighted by atomic mass is 35.5. The highest BCUT2D eigenvalue weighted by Gasteiger charge is 2.31. The zero-order valence-corrected chi connectivity index (χ0v) is 19.0. The van der Waals surface area contributed by atoms with Gasteiger partial charge in [-0.15, -0.1) is 5.10 Å². The topological polar surface area (TPSA) is 57.6 Å². The predicted octanol–water partition coefficient (Wildman–Crippen LogP) is 5.32. The minimum absolute atomic E-state index is 0.114. The van der Waals surface area contributed by atoms with Gasteiger partial charge in [-0.3, -0.25) is 4.57 Å². The second-order valence-corrected chi connectivity index (χ2v) is 8.91. The van der Waals surface area contributed by atoms with Gasteiger partial charge in [0.1, 0.15) is 0 Å². The molecule has 6 nitrogen and oxygen atoms in total. The van der Waals surface area contributed by atoms with E-state index in [0.717, 1.165) is 30.5 Å². The molecule has 2 aromatic heterocycles. The zero-order chi connectivity index (χ0) is 24.0. The second-order valence-electron chi connectivity index (χ2n) is 8.47. The fraction of sp³-hybridized carbons (Fsp3) is 0.292. The summed E-state index contributed by atoms with van der Waals surface area (Å²) in [7, 11) is 0. The molecule has 1 saturated carbocycles. The maximum absolute atomic E-state index is 13.3. The lowest BCUT2D eigenvalue weighted by Gasteiger charge is -2.11. The summed E-state index contributed by atoms with van der Waals surface area (Å²) in [5.74, 6) is 0.575. The van der Waals surface area contributed by atoms with Crippen LogP contribution in [0.25, 0.3) is 11.4 Å². The smallest absolute Gasteiger partial charge is 0.328 e. The van der Waals surface area contributed by atoms with Gasteiger partial charge in [0.05, 0.1) is 29.8 Å². The molecule has 0 amide bonds. The standard InChI is InChI=1S/C24H21ClF3N5O/c1-15-21(31(14-29-15)12-16-3-2-4-18(11-16)24(26,27)28)13-32-23(34)33(20-9-10-20)22(30-32)17-5-7-19(25)8-6-17/h2-8,11,14,20H,9-10,12-13H2,1H3. The van der Waals surface area contributed by atoms with E-state index in [-0.39, 0.29) is 24.8 Å². The van der Waals surface area contributed by atoms with Crippen molar-refractivity contribution < 1.29 is 13.2 Å². The number of hydrogen-bond acceptors (Lipinski definition) is 3. The third-order valence-electron chi connectivity index (χ3n) is 5.95. The van der Waals surface area contributed by atoms with Crippen molar-refractivity contribution in [3.05, 3.63) is 92.9 Å². The molecule has 0 aliphatic heterocycles. The lowest BCUT2D eigenvalue weighted by Crippen LogP contribution is -2.26. The number of imidazole rings is 1. The first-order chi connectivity index (χ1) is 16.2. The van der Waals surface area contributed by atoms with Crippen LogP contribution in [0, 0.1) is 6.92 Å². The summed E-state index contributed by atoms with van der Waals surface area (Å²) in [4.78, 5) is 17.6. The lowest BCUT2D eigenvalue weighted by atomic mass is 10.1. The van der Waals surface area contributed by atoms with E-state index in [1.807, 2.05) is 12.1 Å². The number of halogens is 4. The van der Waals surface area contributed by atoms with Crippen LogP contribution in [-0.2, 0) is 19.3 Å². The summed E-state index contributed by atoms with van der Waals surface area (Å²) in [5.41, 5.74) is 1.76. The van der Waals surface area contributed by atoms with E-state index in [9.17, 15) is 18.0 Å². The average molecular weight is 488 g/mol. The first kappa shape index (κ1) is 22.5. The van der Waals surface area contributed by atoms with E-state index in [0.29, 0.717) is 27.8 Å². The quantitative estimate of drug-likeness (QED) is 0.370. The Hall–Kier alpha value is -3.33. The van der Waals surface area contributed by atoms with Crippen LogP contribution in [0.1, 0.15) is 41.4 Å². The normalized spacial score (nSPS) is 14.0. The Morgan fingerprint density at radius 1 is 1.09 bits per heavy atom. The van der Waals surface area contributed by atoms with Crippen LogP contribution >= 0.6 is 11.6 Å². The van der Waals surface area contributed by atoms with Gasteiger partial charge < -0.3 is 4.57 Å². The molecular weight excluding hydrogens is 467 g/mol. The van der Waals surface area contributed by atoms with Gasteiger partial charge in [-0.1, -0.05) is 23.7 Å². The molecule has 34 heavy (non-hydrogen) atoms. The molecule has 0 atom stereocenters. The first-order valence-corrected chi connectivity index (χ1v) is 11.2. The van der Waals surface area contributed by atoms with Crippen molar-refractivity contribution in [1.82, 2.24) is 23.9 Å². The Bertz CT molecular complexity index is 1400. The van der Waals surface area contributed by atoms with Gasteiger partial charge in [0.2, 0.25) is 0 Å². The fourth-order valence-electron chi connectivity index (χ4n) is 4.02. The summed E-state index contributed by atoms with van der Waals surface area (Å²) in [6.45, 7) is 2.16. The van der Waals surface area contributed by atoms with Crippen LogP contribution in [0.5, 0.6) is 0 Å². The molecule has 0 saturated heterocycles. The van der Waals surface area contributed by atoms with Crippen LogP contribution in [0.2, 0.25) is 5.02 Å². The highest BCUT2D eigenvalue weighted by Crippen LogP contribution is 2.36. The number of alkyl halides is 3. The Morgan fingerprint density at radius 2 is 1.82 bits per heavy atom. The number of aryl methyl sites for hydroxylation is 1. The number of hydrogen-bond donors (Lipinski definition) is 0. The number of aromatic nitrogens is 5. The minimum atomic E-state index is -4.41. The molecule has 0 bridgehead atoms. The fourth-order valence-corrected chi connectivity index (χ4v) is 4.14. The summed E-state index contributed by atoms with van der Waals surface area (Å²) in [5, 5.41) is 5.21. The molecule has 0 N–H and O–H groups in total. The Morgan fingerprint density at radius 3 is 2.50 bits per heavy atom. The van der Waals surface area contributed by atoms with Gasteiger partial charge in [0.25, 0.3) is 0 Å². The van der Waals surface area contributed by atoms with E-state index in [1.165, 1.54) is 10.7 Å². The Kier molecular flexibility index (Phi) is 5.59. The molecule has 4 aromatic rings. The van der Waals surface area contributed by atoms with Crippen LogP contribution in [0.3, 0.4) is 0 Å². The van der Waals surface area contributed by atoms with Crippen molar-refractivity contribution in [1.29, 1.82) is 0 Å². The van der Waals surface area contributed by atoms with Gasteiger partial charge in [0.15, 0.2) is 5.82 Å². The van der Waals surface area contributed by atoms with E-state index < -0.39 is 11.7 Å². The van der Waals surface area contributed by atoms with E-state index in [4.69, 9.17) is 11.6 Å². The van der Waals surface area contributed by atoms with Gasteiger partial charge in [-0.2, -0.15) is 13.2 Å². The first-order valence-electron chi connectivity index (χ1n) is 10.8. The average Bonchev–Trinajstić information content (AvgIpc) is 3.51. The summed E-state index contributed by atoms with van der Waals surface area (Å²) in [6.07, 6.45) is -1.00. The summed E-state index contributed by atoms with van der Waals surface area (Å²) >= 11 is 6.01. The van der Waals surface area contributed by atoms with E-state index in [1.54, 1.807) is 40.6 Å². The molecular formula is C24H21ClF3N5O. The molecule has 2 aromatic carbocycles. The molecule has 1 fully saturated rings. The molecule has 2 heterocycles. The summed E-state index contributed by atoms with van der Waals surface area (Å²) < 4.78 is 44.2. The van der Waals surface area contributed by atoms with Crippen molar-refractivity contribution >= 4 is 11.6 Å². The van der Waals surface area contributed by atoms with Gasteiger partial charge in [0, 0.05) is 23.2 Å². The van der Waals surface area contributed by atoms with Crippen LogP contribution in [-0.4, -0.2) is 23.9 Å². The Balaban J connectivity index is 1.48. The largest absolute Gasteiger partial charge is 0.416 e. The van der Waals surface area contributed by atoms with Gasteiger partial charge in [-0.05, 0) is 61.7 Å². The van der Waals surface area contributed by atoms with Gasteiger partial charge >= 0.3 is 11.9 Å². The zero-order valence-electron chi connectivity index (χ0n) is 18.3. The van der Waals surface area contributed by atoms with Crippen molar-refractivity contribution in [2.24, 2.45) is 0 Å². The van der Waals surface area contributed by atoms with E-state index >= 15 is 0 Å². The monoisotopic (exact) mass is 487 g/mol. The van der Waals surface area contributed by atoms with Gasteiger partial charge in [-0.25, -0.2) is 14.5 Å². The third-order valence-corrected chi connectivity index (χ3v) is 6.20. The maximum atomic E-state index is 13.3.